The van der Waals surface area contributed by atoms with E-state index in [9.17, 15) is 0 Å². The summed E-state index contributed by atoms with van der Waals surface area (Å²) in [5.41, 5.74) is 0. The van der Waals surface area contributed by atoms with Gasteiger partial charge in [-0.2, -0.15) is 0 Å². The zero-order valence-corrected chi connectivity index (χ0v) is 10.7. The Hall–Kier alpha value is -0.720. The molecule has 0 aliphatic heterocycles. The van der Waals surface area contributed by atoms with E-state index in [0.29, 0.717) is 13.2 Å². The first-order valence-electron chi connectivity index (χ1n) is 5.49. The van der Waals surface area contributed by atoms with Crippen LogP contribution in [0.15, 0.2) is 0 Å². The van der Waals surface area contributed by atoms with E-state index in [-0.39, 0.29) is 0 Å². The molecule has 0 spiro atoms. The van der Waals surface area contributed by atoms with Crippen molar-refractivity contribution < 1.29 is 9.47 Å². The van der Waals surface area contributed by atoms with Crippen molar-refractivity contribution in [2.45, 2.75) is 26.4 Å². The number of rotatable bonds is 9. The second-order valence-electron chi connectivity index (χ2n) is 3.33. The van der Waals surface area contributed by atoms with Crippen LogP contribution in [0.1, 0.15) is 24.8 Å². The van der Waals surface area contributed by atoms with Crippen LogP contribution >= 0.6 is 11.3 Å². The van der Waals surface area contributed by atoms with Crippen LogP contribution in [0.4, 0.5) is 5.13 Å². The molecule has 0 aromatic carbocycles. The van der Waals surface area contributed by atoms with E-state index >= 15 is 0 Å². The van der Waals surface area contributed by atoms with Crippen molar-refractivity contribution in [1.82, 2.24) is 10.2 Å². The monoisotopic (exact) mass is 245 g/mol. The molecule has 0 fully saturated rings. The fourth-order valence-corrected chi connectivity index (χ4v) is 1.78. The average molecular weight is 245 g/mol. The van der Waals surface area contributed by atoms with Gasteiger partial charge in [-0.1, -0.05) is 18.3 Å². The predicted molar refractivity (Wildman–Crippen MR) is 64.8 cm³/mol. The molecule has 1 aromatic heterocycles. The van der Waals surface area contributed by atoms with Crippen molar-refractivity contribution in [3.05, 3.63) is 5.01 Å². The third kappa shape index (κ3) is 5.39. The van der Waals surface area contributed by atoms with Gasteiger partial charge < -0.3 is 14.8 Å². The minimum atomic E-state index is 0.537. The molecule has 6 heteroatoms. The molecule has 1 rings (SSSR count). The lowest BCUT2D eigenvalue weighted by atomic mass is 10.5. The number of aromatic nitrogens is 2. The lowest BCUT2D eigenvalue weighted by Gasteiger charge is -2.00. The Morgan fingerprint density at radius 2 is 2.19 bits per heavy atom. The second kappa shape index (κ2) is 8.43. The van der Waals surface area contributed by atoms with Crippen LogP contribution in [0, 0.1) is 0 Å². The minimum absolute atomic E-state index is 0.537. The maximum atomic E-state index is 5.44. The van der Waals surface area contributed by atoms with Crippen molar-refractivity contribution in [2.75, 3.05) is 32.2 Å². The highest BCUT2D eigenvalue weighted by atomic mass is 32.1. The van der Waals surface area contributed by atoms with Crippen LogP contribution in [0.25, 0.3) is 0 Å². The highest BCUT2D eigenvalue weighted by Gasteiger charge is 2.02. The van der Waals surface area contributed by atoms with E-state index in [1.165, 1.54) is 0 Å². The Morgan fingerprint density at radius 1 is 1.31 bits per heavy atom. The molecule has 1 N–H and O–H groups in total. The quantitative estimate of drug-likeness (QED) is 0.674. The molecule has 0 aliphatic rings. The van der Waals surface area contributed by atoms with Gasteiger partial charge in [-0.3, -0.25) is 0 Å². The molecule has 0 saturated heterocycles. The fraction of sp³-hybridized carbons (Fsp3) is 0.800. The van der Waals surface area contributed by atoms with Crippen molar-refractivity contribution in [3.63, 3.8) is 0 Å². The molecule has 0 saturated carbocycles. The minimum Gasteiger partial charge on any atom is -0.385 e. The molecule has 16 heavy (non-hydrogen) atoms. The molecule has 0 radical (unpaired) electrons. The smallest absolute Gasteiger partial charge is 0.205 e. The molecule has 92 valence electrons. The number of methoxy groups -OCH3 is 1. The molecule has 0 bridgehead atoms. The molecule has 0 unspecified atom stereocenters. The summed E-state index contributed by atoms with van der Waals surface area (Å²) in [5, 5.41) is 13.0. The van der Waals surface area contributed by atoms with E-state index in [0.717, 1.165) is 36.1 Å². The third-order valence-electron chi connectivity index (χ3n) is 1.86. The standard InChI is InChI=1S/C10H19N3O2S/c1-3-5-11-10-13-12-9(16-10)8-15-7-4-6-14-2/h3-8H2,1-2H3,(H,11,13). The fourth-order valence-electron chi connectivity index (χ4n) is 1.08. The van der Waals surface area contributed by atoms with Crippen LogP contribution in [0.3, 0.4) is 0 Å². The first-order valence-corrected chi connectivity index (χ1v) is 6.31. The van der Waals surface area contributed by atoms with Gasteiger partial charge in [0.2, 0.25) is 5.13 Å². The van der Waals surface area contributed by atoms with E-state index in [4.69, 9.17) is 9.47 Å². The number of hydrogen-bond donors (Lipinski definition) is 1. The maximum absolute atomic E-state index is 5.44. The summed E-state index contributed by atoms with van der Waals surface area (Å²) in [5.74, 6) is 0. The van der Waals surface area contributed by atoms with Gasteiger partial charge in [0, 0.05) is 26.9 Å². The molecule has 0 amide bonds. The maximum Gasteiger partial charge on any atom is 0.205 e. The van der Waals surface area contributed by atoms with Crippen molar-refractivity contribution in [1.29, 1.82) is 0 Å². The summed E-state index contributed by atoms with van der Waals surface area (Å²) in [6.07, 6.45) is 2.00. The largest absolute Gasteiger partial charge is 0.385 e. The van der Waals surface area contributed by atoms with Crippen molar-refractivity contribution in [2.24, 2.45) is 0 Å². The molecular weight excluding hydrogens is 226 g/mol. The predicted octanol–water partition coefficient (Wildman–Crippen LogP) is 1.91. The lowest BCUT2D eigenvalue weighted by molar-refractivity contribution is 0.0924. The summed E-state index contributed by atoms with van der Waals surface area (Å²) < 4.78 is 10.4. The van der Waals surface area contributed by atoms with E-state index < -0.39 is 0 Å². The Balaban J connectivity index is 2.14. The highest BCUT2D eigenvalue weighted by Crippen LogP contribution is 2.15. The Kier molecular flexibility index (Phi) is 7.03. The number of hydrogen-bond acceptors (Lipinski definition) is 6. The number of nitrogens with one attached hydrogen (secondary N) is 1. The first-order chi connectivity index (χ1) is 7.86. The second-order valence-corrected chi connectivity index (χ2v) is 4.39. The Labute approximate surface area is 100 Å². The van der Waals surface area contributed by atoms with Gasteiger partial charge >= 0.3 is 0 Å². The normalized spacial score (nSPS) is 10.6. The molecule has 1 heterocycles. The first kappa shape index (κ1) is 13.3. The molecule has 0 aliphatic carbocycles. The van der Waals surface area contributed by atoms with Crippen LogP contribution in [0.5, 0.6) is 0 Å². The van der Waals surface area contributed by atoms with Gasteiger partial charge in [0.15, 0.2) is 0 Å². The van der Waals surface area contributed by atoms with Gasteiger partial charge in [-0.15, -0.1) is 10.2 Å². The number of ether oxygens (including phenoxy) is 2. The van der Waals surface area contributed by atoms with E-state index in [1.807, 2.05) is 0 Å². The van der Waals surface area contributed by atoms with Crippen molar-refractivity contribution >= 4 is 16.5 Å². The van der Waals surface area contributed by atoms with Crippen LogP contribution in [0.2, 0.25) is 0 Å². The van der Waals surface area contributed by atoms with Crippen LogP contribution in [-0.4, -0.2) is 37.1 Å². The van der Waals surface area contributed by atoms with Crippen molar-refractivity contribution in [3.8, 4) is 0 Å². The summed E-state index contributed by atoms with van der Waals surface area (Å²) in [6, 6.07) is 0. The third-order valence-corrected chi connectivity index (χ3v) is 2.71. The number of nitrogens with zero attached hydrogens (tertiary/aromatic N) is 2. The molecule has 5 nitrogen and oxygen atoms in total. The van der Waals surface area contributed by atoms with Gasteiger partial charge in [0.05, 0.1) is 0 Å². The molecule has 0 atom stereocenters. The topological polar surface area (TPSA) is 56.3 Å². The van der Waals surface area contributed by atoms with Crippen LogP contribution < -0.4 is 5.32 Å². The highest BCUT2D eigenvalue weighted by molar-refractivity contribution is 7.15. The van der Waals surface area contributed by atoms with E-state index in [2.05, 4.69) is 22.4 Å². The summed E-state index contributed by atoms with van der Waals surface area (Å²) in [4.78, 5) is 0. The lowest BCUT2D eigenvalue weighted by Crippen LogP contribution is -1.99. The van der Waals surface area contributed by atoms with Gasteiger partial charge in [-0.25, -0.2) is 0 Å². The van der Waals surface area contributed by atoms with Gasteiger partial charge in [-0.05, 0) is 12.8 Å². The SMILES string of the molecule is CCCNc1nnc(COCCCOC)s1. The average Bonchev–Trinajstić information content (AvgIpc) is 2.74. The van der Waals surface area contributed by atoms with Crippen LogP contribution in [-0.2, 0) is 16.1 Å². The Morgan fingerprint density at radius 3 is 2.94 bits per heavy atom. The van der Waals surface area contributed by atoms with Gasteiger partial charge in [0.25, 0.3) is 0 Å². The summed E-state index contributed by atoms with van der Waals surface area (Å²) in [6.45, 7) is 5.02. The zero-order valence-electron chi connectivity index (χ0n) is 9.86. The van der Waals surface area contributed by atoms with Gasteiger partial charge in [0.1, 0.15) is 11.6 Å². The van der Waals surface area contributed by atoms with E-state index in [1.54, 1.807) is 18.4 Å². The molecular formula is C10H19N3O2S. The number of anilines is 1. The Bertz CT molecular complexity index is 281. The summed E-state index contributed by atoms with van der Waals surface area (Å²) >= 11 is 1.55. The summed E-state index contributed by atoms with van der Waals surface area (Å²) in [7, 11) is 1.69. The molecule has 1 aromatic rings. The zero-order chi connectivity index (χ0) is 11.6.